The molecule has 2 nitrogen and oxygen atoms in total. The second kappa shape index (κ2) is 6.79. The van der Waals surface area contributed by atoms with Gasteiger partial charge in [-0.2, -0.15) is 0 Å². The van der Waals surface area contributed by atoms with Crippen LogP contribution in [0.3, 0.4) is 0 Å². The highest BCUT2D eigenvalue weighted by Crippen LogP contribution is 2.39. The maximum Gasteiger partial charge on any atom is 0.125 e. The number of aryl methyl sites for hydroxylation is 2. The fourth-order valence-corrected chi connectivity index (χ4v) is 3.05. The molecule has 0 heterocycles. The van der Waals surface area contributed by atoms with Crippen molar-refractivity contribution in [1.29, 1.82) is 0 Å². The SMILES string of the molecule is CCOc1c(C)cc(C)cc1C1CCCCC1.N. The van der Waals surface area contributed by atoms with Crippen molar-refractivity contribution >= 4 is 0 Å². The summed E-state index contributed by atoms with van der Waals surface area (Å²) >= 11 is 0. The van der Waals surface area contributed by atoms with Crippen molar-refractivity contribution in [3.63, 3.8) is 0 Å². The zero-order valence-electron chi connectivity index (χ0n) is 12.1. The second-order valence-corrected chi connectivity index (χ2v) is 5.27. The Labute approximate surface area is 111 Å². The Morgan fingerprint density at radius 2 is 1.78 bits per heavy atom. The molecule has 1 aromatic carbocycles. The lowest BCUT2D eigenvalue weighted by molar-refractivity contribution is 0.326. The molecule has 0 spiro atoms. The topological polar surface area (TPSA) is 44.2 Å². The third kappa shape index (κ3) is 3.26. The summed E-state index contributed by atoms with van der Waals surface area (Å²) in [5.74, 6) is 1.88. The van der Waals surface area contributed by atoms with Gasteiger partial charge in [0.25, 0.3) is 0 Å². The normalized spacial score (nSPS) is 16.2. The van der Waals surface area contributed by atoms with Crippen LogP contribution in [0, 0.1) is 13.8 Å². The molecule has 1 fully saturated rings. The van der Waals surface area contributed by atoms with E-state index < -0.39 is 0 Å². The summed E-state index contributed by atoms with van der Waals surface area (Å²) in [7, 11) is 0. The van der Waals surface area contributed by atoms with Crippen molar-refractivity contribution in [3.8, 4) is 5.75 Å². The number of hydrogen-bond donors (Lipinski definition) is 1. The average Bonchev–Trinajstić information content (AvgIpc) is 2.33. The highest BCUT2D eigenvalue weighted by Gasteiger charge is 2.20. The molecule has 0 amide bonds. The molecule has 2 heteroatoms. The van der Waals surface area contributed by atoms with E-state index in [1.807, 2.05) is 0 Å². The molecule has 18 heavy (non-hydrogen) atoms. The lowest BCUT2D eigenvalue weighted by Crippen LogP contribution is -2.08. The molecule has 0 atom stereocenters. The van der Waals surface area contributed by atoms with Gasteiger partial charge in [0.1, 0.15) is 5.75 Å². The van der Waals surface area contributed by atoms with Gasteiger partial charge in [-0.3, -0.25) is 0 Å². The maximum absolute atomic E-state index is 5.88. The van der Waals surface area contributed by atoms with Crippen LogP contribution in [0.5, 0.6) is 5.75 Å². The third-order valence-corrected chi connectivity index (χ3v) is 3.78. The zero-order chi connectivity index (χ0) is 12.3. The lowest BCUT2D eigenvalue weighted by atomic mass is 9.82. The predicted octanol–water partition coefficient (Wildman–Crippen LogP) is 4.91. The molecule has 2 rings (SSSR count). The number of rotatable bonds is 3. The lowest BCUT2D eigenvalue weighted by Gasteiger charge is -2.25. The molecule has 0 unspecified atom stereocenters. The van der Waals surface area contributed by atoms with Crippen LogP contribution in [0.25, 0.3) is 0 Å². The molecule has 0 saturated heterocycles. The summed E-state index contributed by atoms with van der Waals surface area (Å²) in [5, 5.41) is 0. The van der Waals surface area contributed by atoms with Crippen LogP contribution in [-0.2, 0) is 0 Å². The van der Waals surface area contributed by atoms with Crippen LogP contribution in [0.4, 0.5) is 0 Å². The van der Waals surface area contributed by atoms with E-state index in [-0.39, 0.29) is 6.15 Å². The van der Waals surface area contributed by atoms with Gasteiger partial charge in [-0.15, -0.1) is 0 Å². The first-order valence-corrected chi connectivity index (χ1v) is 6.96. The minimum absolute atomic E-state index is 0. The highest BCUT2D eigenvalue weighted by atomic mass is 16.5. The van der Waals surface area contributed by atoms with Gasteiger partial charge in [-0.1, -0.05) is 37.0 Å². The Hall–Kier alpha value is -1.02. The molecule has 1 saturated carbocycles. The quantitative estimate of drug-likeness (QED) is 0.827. The Kier molecular flexibility index (Phi) is 5.67. The Balaban J connectivity index is 0.00000162. The Morgan fingerprint density at radius 3 is 2.39 bits per heavy atom. The van der Waals surface area contributed by atoms with Crippen molar-refractivity contribution in [1.82, 2.24) is 6.15 Å². The fourth-order valence-electron chi connectivity index (χ4n) is 3.05. The number of ether oxygens (including phenoxy) is 1. The minimum atomic E-state index is 0. The fraction of sp³-hybridized carbons (Fsp3) is 0.625. The second-order valence-electron chi connectivity index (χ2n) is 5.27. The first kappa shape index (κ1) is 15.0. The van der Waals surface area contributed by atoms with Crippen LogP contribution in [0.15, 0.2) is 12.1 Å². The summed E-state index contributed by atoms with van der Waals surface area (Å²) in [4.78, 5) is 0. The summed E-state index contributed by atoms with van der Waals surface area (Å²) in [6.45, 7) is 7.20. The largest absolute Gasteiger partial charge is 0.493 e. The van der Waals surface area contributed by atoms with Gasteiger partial charge < -0.3 is 10.9 Å². The smallest absolute Gasteiger partial charge is 0.125 e. The van der Waals surface area contributed by atoms with E-state index in [2.05, 4.69) is 32.9 Å². The van der Waals surface area contributed by atoms with E-state index in [0.29, 0.717) is 0 Å². The number of benzene rings is 1. The molecule has 0 aromatic heterocycles. The van der Waals surface area contributed by atoms with Gasteiger partial charge in [0, 0.05) is 0 Å². The molecule has 102 valence electrons. The molecular weight excluding hydrogens is 222 g/mol. The van der Waals surface area contributed by atoms with Crippen LogP contribution >= 0.6 is 0 Å². The summed E-state index contributed by atoms with van der Waals surface area (Å²) in [6, 6.07) is 4.57. The molecule has 1 aliphatic rings. The molecule has 0 bridgehead atoms. The Morgan fingerprint density at radius 1 is 1.11 bits per heavy atom. The van der Waals surface area contributed by atoms with Crippen LogP contribution in [-0.4, -0.2) is 6.61 Å². The molecule has 3 N–H and O–H groups in total. The van der Waals surface area contributed by atoms with E-state index in [0.717, 1.165) is 18.3 Å². The van der Waals surface area contributed by atoms with E-state index in [4.69, 9.17) is 4.74 Å². The number of hydrogen-bond acceptors (Lipinski definition) is 2. The average molecular weight is 249 g/mol. The van der Waals surface area contributed by atoms with Crippen molar-refractivity contribution in [3.05, 3.63) is 28.8 Å². The molecule has 0 radical (unpaired) electrons. The van der Waals surface area contributed by atoms with Crippen LogP contribution in [0.1, 0.15) is 61.6 Å². The first-order chi connectivity index (χ1) is 8.22. The van der Waals surface area contributed by atoms with Gasteiger partial charge in [-0.25, -0.2) is 0 Å². The van der Waals surface area contributed by atoms with E-state index in [1.54, 1.807) is 0 Å². The van der Waals surface area contributed by atoms with E-state index >= 15 is 0 Å². The Bertz CT molecular complexity index is 381. The van der Waals surface area contributed by atoms with Crippen LogP contribution in [0.2, 0.25) is 0 Å². The molecular formula is C16H27NO. The van der Waals surface area contributed by atoms with Gasteiger partial charge >= 0.3 is 0 Å². The van der Waals surface area contributed by atoms with Crippen LogP contribution < -0.4 is 10.9 Å². The van der Waals surface area contributed by atoms with Gasteiger partial charge in [0.05, 0.1) is 6.61 Å². The minimum Gasteiger partial charge on any atom is -0.493 e. The van der Waals surface area contributed by atoms with Gasteiger partial charge in [0.2, 0.25) is 0 Å². The monoisotopic (exact) mass is 249 g/mol. The summed E-state index contributed by atoms with van der Waals surface area (Å²) < 4.78 is 5.88. The van der Waals surface area contributed by atoms with Crippen molar-refractivity contribution in [2.75, 3.05) is 6.61 Å². The van der Waals surface area contributed by atoms with Crippen molar-refractivity contribution < 1.29 is 4.74 Å². The van der Waals surface area contributed by atoms with Gasteiger partial charge in [-0.05, 0) is 50.7 Å². The maximum atomic E-state index is 5.88. The first-order valence-electron chi connectivity index (χ1n) is 6.96. The van der Waals surface area contributed by atoms with Crippen molar-refractivity contribution in [2.24, 2.45) is 0 Å². The summed E-state index contributed by atoms with van der Waals surface area (Å²) in [5.41, 5.74) is 4.13. The van der Waals surface area contributed by atoms with E-state index in [1.165, 1.54) is 48.8 Å². The zero-order valence-corrected chi connectivity index (χ0v) is 12.1. The molecule has 1 aliphatic carbocycles. The molecule has 1 aromatic rings. The third-order valence-electron chi connectivity index (χ3n) is 3.78. The summed E-state index contributed by atoms with van der Waals surface area (Å²) in [6.07, 6.45) is 6.84. The van der Waals surface area contributed by atoms with Gasteiger partial charge in [0.15, 0.2) is 0 Å². The molecule has 0 aliphatic heterocycles. The van der Waals surface area contributed by atoms with E-state index in [9.17, 15) is 0 Å². The van der Waals surface area contributed by atoms with Crippen molar-refractivity contribution in [2.45, 2.75) is 58.8 Å². The predicted molar refractivity (Wildman–Crippen MR) is 77.9 cm³/mol. The standard InChI is InChI=1S/C16H24O.H3N/c1-4-17-16-13(3)10-12(2)11-15(16)14-8-6-5-7-9-14;/h10-11,14H,4-9H2,1-3H3;1H3. The highest BCUT2D eigenvalue weighted by molar-refractivity contribution is 5.45.